The zero-order valence-electron chi connectivity index (χ0n) is 15.4. The maximum absolute atomic E-state index is 12.6. The van der Waals surface area contributed by atoms with Gasteiger partial charge in [0, 0.05) is 11.6 Å². The molecule has 0 spiro atoms. The lowest BCUT2D eigenvalue weighted by Crippen LogP contribution is -2.23. The van der Waals surface area contributed by atoms with Gasteiger partial charge in [0.15, 0.2) is 22.4 Å². The molecule has 0 aliphatic carbocycles. The number of hydrogen-bond acceptors (Lipinski definition) is 7. The molecular weight excluding hydrogens is 372 g/mol. The Bertz CT molecular complexity index is 1030. The number of benzene rings is 1. The van der Waals surface area contributed by atoms with Gasteiger partial charge in [-0.1, -0.05) is 13.0 Å². The van der Waals surface area contributed by atoms with Crippen LogP contribution < -0.4 is 15.0 Å². The molecule has 2 atom stereocenters. The Kier molecular flexibility index (Phi) is 4.97. The summed E-state index contributed by atoms with van der Waals surface area (Å²) >= 11 is 5.18. The Morgan fingerprint density at radius 2 is 2.04 bits per heavy atom. The van der Waals surface area contributed by atoms with Gasteiger partial charge in [-0.05, 0) is 31.6 Å². The van der Waals surface area contributed by atoms with E-state index in [1.54, 1.807) is 12.1 Å². The number of nitrogens with zero attached hydrogens (tertiary/aromatic N) is 1. The molecule has 1 aromatic heterocycles. The first kappa shape index (κ1) is 19.0. The van der Waals surface area contributed by atoms with Gasteiger partial charge in [-0.3, -0.25) is 14.3 Å². The number of carbonyl (C=O) groups excluding carboxylic acids is 1. The van der Waals surface area contributed by atoms with Crippen LogP contribution in [0.15, 0.2) is 16.9 Å². The predicted molar refractivity (Wildman–Crippen MR) is 99.4 cm³/mol. The highest BCUT2D eigenvalue weighted by Crippen LogP contribution is 2.45. The molecule has 0 fully saturated rings. The van der Waals surface area contributed by atoms with Crippen LogP contribution in [0.3, 0.4) is 0 Å². The number of esters is 1. The monoisotopic (exact) mass is 392 g/mol. The maximum Gasteiger partial charge on any atom is 0.343 e. The van der Waals surface area contributed by atoms with Gasteiger partial charge in [0.1, 0.15) is 11.1 Å². The fraction of sp³-hybridized carbons (Fsp3) is 0.389. The number of aromatic hydroxyl groups is 1. The van der Waals surface area contributed by atoms with Gasteiger partial charge < -0.3 is 19.3 Å². The molecule has 2 unspecified atom stereocenters. The minimum Gasteiger partial charge on any atom is -0.494 e. The first-order chi connectivity index (χ1) is 12.8. The van der Waals surface area contributed by atoms with Crippen molar-refractivity contribution in [2.75, 3.05) is 14.2 Å². The van der Waals surface area contributed by atoms with E-state index in [9.17, 15) is 14.7 Å². The van der Waals surface area contributed by atoms with E-state index in [4.69, 9.17) is 26.4 Å². The molecule has 1 aromatic carbocycles. The molecule has 2 heterocycles. The number of ether oxygens (including phenoxy) is 3. The molecule has 0 bridgehead atoms. The molecule has 27 heavy (non-hydrogen) atoms. The number of rotatable bonds is 5. The van der Waals surface area contributed by atoms with Crippen LogP contribution in [0.5, 0.6) is 17.4 Å². The van der Waals surface area contributed by atoms with E-state index in [2.05, 4.69) is 4.98 Å². The second-order valence-electron chi connectivity index (χ2n) is 6.17. The van der Waals surface area contributed by atoms with Crippen LogP contribution >= 0.6 is 12.2 Å². The van der Waals surface area contributed by atoms with Gasteiger partial charge >= 0.3 is 5.97 Å². The molecule has 0 saturated heterocycles. The fourth-order valence-electron chi connectivity index (χ4n) is 3.20. The minimum atomic E-state index is -1.08. The van der Waals surface area contributed by atoms with Crippen molar-refractivity contribution in [3.8, 4) is 17.4 Å². The fourth-order valence-corrected chi connectivity index (χ4v) is 3.55. The van der Waals surface area contributed by atoms with Gasteiger partial charge in [0.2, 0.25) is 5.88 Å². The largest absolute Gasteiger partial charge is 0.494 e. The highest BCUT2D eigenvalue weighted by molar-refractivity contribution is 7.71. The summed E-state index contributed by atoms with van der Waals surface area (Å²) in [5.41, 5.74) is -0.120. The van der Waals surface area contributed by atoms with E-state index < -0.39 is 17.6 Å². The van der Waals surface area contributed by atoms with Crippen LogP contribution in [-0.4, -0.2) is 34.8 Å². The Morgan fingerprint density at radius 1 is 1.33 bits per heavy atom. The minimum absolute atomic E-state index is 0.0804. The van der Waals surface area contributed by atoms with Crippen molar-refractivity contribution in [1.29, 1.82) is 0 Å². The van der Waals surface area contributed by atoms with E-state index in [1.807, 2.05) is 13.8 Å². The molecule has 8 nitrogen and oxygen atoms in total. The lowest BCUT2D eigenvalue weighted by molar-refractivity contribution is 0.0446. The van der Waals surface area contributed by atoms with Crippen molar-refractivity contribution < 1.29 is 24.1 Å². The smallest absolute Gasteiger partial charge is 0.343 e. The average Bonchev–Trinajstić information content (AvgIpc) is 2.96. The van der Waals surface area contributed by atoms with Crippen LogP contribution in [0.4, 0.5) is 0 Å². The molecule has 3 rings (SSSR count). The molecule has 0 saturated carbocycles. The second kappa shape index (κ2) is 7.07. The average molecular weight is 392 g/mol. The molecular formula is C18H20N2O6S. The van der Waals surface area contributed by atoms with Crippen LogP contribution in [0.2, 0.25) is 0 Å². The molecule has 2 aromatic rings. The van der Waals surface area contributed by atoms with E-state index in [0.717, 1.165) is 0 Å². The second-order valence-corrected chi connectivity index (χ2v) is 6.56. The van der Waals surface area contributed by atoms with Gasteiger partial charge in [-0.25, -0.2) is 4.79 Å². The van der Waals surface area contributed by atoms with E-state index in [1.165, 1.54) is 18.8 Å². The standard InChI is InChI=1S/C18H20N2O6S/c1-5-8(2)20-16(22)12(15(21)19-18(20)27)13-9-6-7-10(24-3)14(25-4)11(9)17(23)26-13/h6-8,13,22H,5H2,1-4H3,(H,19,21,27). The highest BCUT2D eigenvalue weighted by Gasteiger charge is 2.40. The number of aromatic amines is 1. The van der Waals surface area contributed by atoms with Crippen molar-refractivity contribution in [2.24, 2.45) is 0 Å². The zero-order valence-corrected chi connectivity index (χ0v) is 16.2. The first-order valence-corrected chi connectivity index (χ1v) is 8.79. The summed E-state index contributed by atoms with van der Waals surface area (Å²) in [5, 5.41) is 10.8. The molecule has 144 valence electrons. The number of aromatic nitrogens is 2. The summed E-state index contributed by atoms with van der Waals surface area (Å²) in [6, 6.07) is 3.07. The zero-order chi connectivity index (χ0) is 19.9. The number of methoxy groups -OCH3 is 2. The summed E-state index contributed by atoms with van der Waals surface area (Å²) in [7, 11) is 2.86. The van der Waals surface area contributed by atoms with Crippen LogP contribution in [0.1, 0.15) is 53.9 Å². The number of fused-ring (bicyclic) bond motifs is 1. The maximum atomic E-state index is 12.6. The normalized spacial score (nSPS) is 16.6. The number of H-pyrrole nitrogens is 1. The molecule has 1 aliphatic rings. The van der Waals surface area contributed by atoms with Crippen molar-refractivity contribution in [3.63, 3.8) is 0 Å². The Hall–Kier alpha value is -2.81. The molecule has 1 aliphatic heterocycles. The number of cyclic esters (lactones) is 1. The lowest BCUT2D eigenvalue weighted by Gasteiger charge is -2.20. The van der Waals surface area contributed by atoms with Crippen LogP contribution in [-0.2, 0) is 4.74 Å². The number of carbonyl (C=O) groups is 1. The van der Waals surface area contributed by atoms with Crippen molar-refractivity contribution >= 4 is 18.2 Å². The van der Waals surface area contributed by atoms with Crippen molar-refractivity contribution in [3.05, 3.63) is 43.9 Å². The first-order valence-electron chi connectivity index (χ1n) is 8.39. The predicted octanol–water partition coefficient (Wildman–Crippen LogP) is 2.86. The Balaban J connectivity index is 2.26. The quantitative estimate of drug-likeness (QED) is 0.596. The van der Waals surface area contributed by atoms with Gasteiger partial charge in [0.25, 0.3) is 5.56 Å². The summed E-state index contributed by atoms with van der Waals surface area (Å²) in [6.07, 6.45) is -0.402. The summed E-state index contributed by atoms with van der Waals surface area (Å²) in [5.74, 6) is -0.406. The summed E-state index contributed by atoms with van der Waals surface area (Å²) in [6.45, 7) is 3.79. The van der Waals surface area contributed by atoms with Crippen LogP contribution in [0.25, 0.3) is 0 Å². The summed E-state index contributed by atoms with van der Waals surface area (Å²) < 4.78 is 17.5. The van der Waals surface area contributed by atoms with E-state index in [-0.39, 0.29) is 33.6 Å². The molecule has 0 amide bonds. The topological polar surface area (TPSA) is 103 Å². The van der Waals surface area contributed by atoms with Crippen LogP contribution in [0, 0.1) is 4.77 Å². The van der Waals surface area contributed by atoms with Gasteiger partial charge in [-0.2, -0.15) is 0 Å². The third kappa shape index (κ3) is 2.87. The molecule has 2 N–H and O–H groups in total. The van der Waals surface area contributed by atoms with Gasteiger partial charge in [0.05, 0.1) is 14.2 Å². The van der Waals surface area contributed by atoms with Gasteiger partial charge in [-0.15, -0.1) is 0 Å². The number of nitrogens with one attached hydrogen (secondary N) is 1. The summed E-state index contributed by atoms with van der Waals surface area (Å²) in [4.78, 5) is 27.6. The van der Waals surface area contributed by atoms with Crippen molar-refractivity contribution in [2.45, 2.75) is 32.4 Å². The van der Waals surface area contributed by atoms with E-state index >= 15 is 0 Å². The van der Waals surface area contributed by atoms with Crippen molar-refractivity contribution in [1.82, 2.24) is 9.55 Å². The Morgan fingerprint density at radius 3 is 2.63 bits per heavy atom. The molecule has 0 radical (unpaired) electrons. The Labute approximate surface area is 160 Å². The van der Waals surface area contributed by atoms with E-state index in [0.29, 0.717) is 17.7 Å². The lowest BCUT2D eigenvalue weighted by atomic mass is 9.99. The number of hydrogen-bond donors (Lipinski definition) is 2. The third-order valence-corrected chi connectivity index (χ3v) is 5.03. The SMILES string of the molecule is CCC(C)n1c(O)c(C2OC(=O)c3c2ccc(OC)c3OC)c(=O)[nH]c1=S. The third-order valence-electron chi connectivity index (χ3n) is 4.74. The molecule has 9 heteroatoms. The highest BCUT2D eigenvalue weighted by atomic mass is 32.1.